The molecule has 0 aromatic rings. The van der Waals surface area contributed by atoms with Gasteiger partial charge in [0, 0.05) is 0 Å². The van der Waals surface area contributed by atoms with Gasteiger partial charge in [0.2, 0.25) is 0 Å². The van der Waals surface area contributed by atoms with Crippen LogP contribution in [-0.4, -0.2) is 23.7 Å². The van der Waals surface area contributed by atoms with Gasteiger partial charge >= 0.3 is 11.9 Å². The molecule has 0 bridgehead atoms. The van der Waals surface area contributed by atoms with Crippen LogP contribution < -0.4 is 0 Å². The van der Waals surface area contributed by atoms with Gasteiger partial charge in [-0.05, 0) is 25.7 Å². The lowest BCUT2D eigenvalue weighted by molar-refractivity contribution is -0.179. The van der Waals surface area contributed by atoms with E-state index in [1.807, 2.05) is 6.92 Å². The molecule has 1 aliphatic rings. The number of ether oxygens (including phenoxy) is 1. The smallest absolute Gasteiger partial charge is 0.323 e. The largest absolute Gasteiger partial charge is 0.480 e. The van der Waals surface area contributed by atoms with Crippen molar-refractivity contribution in [3.8, 4) is 0 Å². The minimum atomic E-state index is -1.24. The third kappa shape index (κ3) is 1.53. The predicted molar refractivity (Wildman–Crippen MR) is 45.1 cm³/mol. The Kier molecular flexibility index (Phi) is 2.59. The van der Waals surface area contributed by atoms with Gasteiger partial charge in [0.05, 0.1) is 6.61 Å². The van der Waals surface area contributed by atoms with Crippen molar-refractivity contribution in [2.24, 2.45) is 11.3 Å². The zero-order valence-electron chi connectivity index (χ0n) is 7.87. The maximum absolute atomic E-state index is 11.3. The maximum atomic E-state index is 11.3. The van der Waals surface area contributed by atoms with Crippen LogP contribution >= 0.6 is 0 Å². The molecule has 0 aliphatic heterocycles. The molecule has 74 valence electrons. The van der Waals surface area contributed by atoms with Crippen molar-refractivity contribution in [2.45, 2.75) is 26.7 Å². The van der Waals surface area contributed by atoms with E-state index in [-0.39, 0.29) is 6.61 Å². The molecule has 1 rings (SSSR count). The molecule has 1 saturated carbocycles. The molecular formula is C9H14O4. The summed E-state index contributed by atoms with van der Waals surface area (Å²) in [5.41, 5.74) is -1.24. The number of carboxylic acids is 1. The molecule has 0 saturated heterocycles. The van der Waals surface area contributed by atoms with Gasteiger partial charge in [0.15, 0.2) is 5.41 Å². The fourth-order valence-corrected chi connectivity index (χ4v) is 1.83. The van der Waals surface area contributed by atoms with Crippen molar-refractivity contribution < 1.29 is 19.4 Å². The first-order chi connectivity index (χ1) is 6.03. The molecule has 0 heterocycles. The van der Waals surface area contributed by atoms with Crippen molar-refractivity contribution in [3.05, 3.63) is 0 Å². The first kappa shape index (κ1) is 10.0. The summed E-state index contributed by atoms with van der Waals surface area (Å²) < 4.78 is 4.74. The molecule has 0 radical (unpaired) electrons. The molecular weight excluding hydrogens is 172 g/mol. The van der Waals surface area contributed by atoms with E-state index in [0.717, 1.165) is 0 Å². The van der Waals surface area contributed by atoms with Gasteiger partial charge in [0.25, 0.3) is 0 Å². The first-order valence-corrected chi connectivity index (χ1v) is 4.43. The zero-order valence-corrected chi connectivity index (χ0v) is 7.87. The summed E-state index contributed by atoms with van der Waals surface area (Å²) in [6, 6.07) is 0. The topological polar surface area (TPSA) is 63.6 Å². The van der Waals surface area contributed by atoms with Gasteiger partial charge in [-0.2, -0.15) is 0 Å². The van der Waals surface area contributed by atoms with Crippen LogP contribution in [0.2, 0.25) is 0 Å². The Morgan fingerprint density at radius 1 is 1.54 bits per heavy atom. The number of hydrogen-bond donors (Lipinski definition) is 1. The monoisotopic (exact) mass is 186 g/mol. The second kappa shape index (κ2) is 3.36. The third-order valence-electron chi connectivity index (χ3n) is 2.47. The maximum Gasteiger partial charge on any atom is 0.323 e. The van der Waals surface area contributed by atoms with Crippen LogP contribution in [0.4, 0.5) is 0 Å². The van der Waals surface area contributed by atoms with Crippen LogP contribution in [0.25, 0.3) is 0 Å². The summed E-state index contributed by atoms with van der Waals surface area (Å²) in [6.07, 6.45) is 0.808. The van der Waals surface area contributed by atoms with Crippen molar-refractivity contribution in [2.75, 3.05) is 6.61 Å². The Morgan fingerprint density at radius 2 is 2.08 bits per heavy atom. The molecule has 1 aliphatic carbocycles. The number of aliphatic carboxylic acids is 1. The molecule has 13 heavy (non-hydrogen) atoms. The molecule has 0 aromatic heterocycles. The summed E-state index contributed by atoms with van der Waals surface area (Å²) in [4.78, 5) is 22.2. The molecule has 0 amide bonds. The second-order valence-electron chi connectivity index (χ2n) is 3.62. The molecule has 0 unspecified atom stereocenters. The minimum absolute atomic E-state index is 0.238. The molecule has 4 heteroatoms. The highest BCUT2D eigenvalue weighted by Crippen LogP contribution is 2.46. The van der Waals surface area contributed by atoms with Crippen LogP contribution in [0, 0.1) is 11.3 Å². The number of carbonyl (C=O) groups is 2. The summed E-state index contributed by atoms with van der Waals surface area (Å²) in [6.45, 7) is 3.85. The van der Waals surface area contributed by atoms with Gasteiger partial charge in [-0.25, -0.2) is 0 Å². The van der Waals surface area contributed by atoms with Crippen molar-refractivity contribution in [1.29, 1.82) is 0 Å². The van der Waals surface area contributed by atoms with E-state index >= 15 is 0 Å². The Balaban J connectivity index is 2.70. The molecule has 4 nitrogen and oxygen atoms in total. The number of carbonyl (C=O) groups excluding carboxylic acids is 1. The average molecular weight is 186 g/mol. The normalized spacial score (nSPS) is 32.0. The Hall–Kier alpha value is -1.06. The zero-order chi connectivity index (χ0) is 10.1. The fraction of sp³-hybridized carbons (Fsp3) is 0.778. The lowest BCUT2D eigenvalue weighted by Gasteiger charge is -2.40. The summed E-state index contributed by atoms with van der Waals surface area (Å²) in [7, 11) is 0. The third-order valence-corrected chi connectivity index (χ3v) is 2.47. The summed E-state index contributed by atoms with van der Waals surface area (Å²) in [5.74, 6) is -1.33. The molecule has 1 N–H and O–H groups in total. The van der Waals surface area contributed by atoms with Gasteiger partial charge in [-0.15, -0.1) is 0 Å². The summed E-state index contributed by atoms with van der Waals surface area (Å²) >= 11 is 0. The number of carboxylic acid groups (broad SMARTS) is 1. The molecule has 0 spiro atoms. The summed E-state index contributed by atoms with van der Waals surface area (Å²) in [5, 5.41) is 8.90. The Bertz CT molecular complexity index is 228. The van der Waals surface area contributed by atoms with E-state index < -0.39 is 17.4 Å². The van der Waals surface area contributed by atoms with Gasteiger partial charge < -0.3 is 9.84 Å². The highest BCUT2D eigenvalue weighted by atomic mass is 16.5. The molecule has 1 fully saturated rings. The van der Waals surface area contributed by atoms with Gasteiger partial charge in [-0.1, -0.05) is 6.92 Å². The minimum Gasteiger partial charge on any atom is -0.480 e. The van der Waals surface area contributed by atoms with Crippen molar-refractivity contribution >= 4 is 11.9 Å². The van der Waals surface area contributed by atoms with E-state index in [1.54, 1.807) is 6.92 Å². The van der Waals surface area contributed by atoms with Crippen LogP contribution in [-0.2, 0) is 14.3 Å². The number of rotatable bonds is 3. The standard InChI is InChI=1S/C9H14O4/c1-3-13-8(12)9(7(10)11)4-6(2)5-9/h6H,3-5H2,1-2H3,(H,10,11)/t6-,9+. The average Bonchev–Trinajstić information content (AvgIpc) is 1.98. The quantitative estimate of drug-likeness (QED) is 0.528. The van der Waals surface area contributed by atoms with E-state index in [9.17, 15) is 9.59 Å². The molecule has 0 aromatic carbocycles. The van der Waals surface area contributed by atoms with Crippen LogP contribution in [0.5, 0.6) is 0 Å². The second-order valence-corrected chi connectivity index (χ2v) is 3.62. The lowest BCUT2D eigenvalue weighted by Crippen LogP contribution is -2.50. The fourth-order valence-electron chi connectivity index (χ4n) is 1.83. The first-order valence-electron chi connectivity index (χ1n) is 4.43. The molecule has 0 atom stereocenters. The number of hydrogen-bond acceptors (Lipinski definition) is 3. The van der Waals surface area contributed by atoms with E-state index in [1.165, 1.54) is 0 Å². The Labute approximate surface area is 76.9 Å². The highest BCUT2D eigenvalue weighted by molar-refractivity contribution is 6.00. The lowest BCUT2D eigenvalue weighted by atomic mass is 9.62. The SMILES string of the molecule is CCOC(=O)[C@]1(C(=O)O)C[C@H](C)C1. The number of esters is 1. The highest BCUT2D eigenvalue weighted by Gasteiger charge is 2.56. The van der Waals surface area contributed by atoms with Crippen LogP contribution in [0.1, 0.15) is 26.7 Å². The van der Waals surface area contributed by atoms with E-state index in [2.05, 4.69) is 0 Å². The van der Waals surface area contributed by atoms with Crippen LogP contribution in [0.15, 0.2) is 0 Å². The van der Waals surface area contributed by atoms with E-state index in [4.69, 9.17) is 9.84 Å². The van der Waals surface area contributed by atoms with Crippen LogP contribution in [0.3, 0.4) is 0 Å². The van der Waals surface area contributed by atoms with Gasteiger partial charge in [0.1, 0.15) is 0 Å². The Morgan fingerprint density at radius 3 is 2.38 bits per heavy atom. The van der Waals surface area contributed by atoms with Crippen molar-refractivity contribution in [3.63, 3.8) is 0 Å². The predicted octanol–water partition coefficient (Wildman–Crippen LogP) is 1.05. The van der Waals surface area contributed by atoms with Gasteiger partial charge in [-0.3, -0.25) is 9.59 Å². The van der Waals surface area contributed by atoms with Crippen molar-refractivity contribution in [1.82, 2.24) is 0 Å². The van der Waals surface area contributed by atoms with E-state index in [0.29, 0.717) is 18.8 Å².